The van der Waals surface area contributed by atoms with Crippen molar-refractivity contribution < 1.29 is 9.62 Å². The van der Waals surface area contributed by atoms with Crippen molar-refractivity contribution in [3.05, 3.63) is 65.7 Å². The standard InChI is InChI=1S/C27H29N3O2/c31-29-25-8-6-20-14-21(5-7-23(20)25)24-15-26(32-27(24)19-9-11-28-12-10-19)22-2-1-13-30(17-22)16-18-3-4-18/h5,7,9-12,14-15,18,22,31H,1-4,6,8,13,16-17H2/b29-25+. The predicted molar refractivity (Wildman–Crippen MR) is 125 cm³/mol. The number of hydrogen-bond donors (Lipinski definition) is 1. The van der Waals surface area contributed by atoms with E-state index in [0.29, 0.717) is 5.92 Å². The van der Waals surface area contributed by atoms with E-state index in [1.54, 1.807) is 0 Å². The lowest BCUT2D eigenvalue weighted by Gasteiger charge is -2.31. The number of aryl methyl sites for hydroxylation is 1. The molecule has 1 atom stereocenters. The fourth-order valence-corrected chi connectivity index (χ4v) is 5.40. The molecule has 2 aromatic heterocycles. The van der Waals surface area contributed by atoms with Crippen LogP contribution in [0.4, 0.5) is 0 Å². The zero-order valence-corrected chi connectivity index (χ0v) is 18.3. The van der Waals surface area contributed by atoms with Gasteiger partial charge in [0.15, 0.2) is 0 Å². The first-order chi connectivity index (χ1) is 15.8. The molecule has 6 rings (SSSR count). The van der Waals surface area contributed by atoms with Gasteiger partial charge in [0.1, 0.15) is 11.5 Å². The van der Waals surface area contributed by atoms with Gasteiger partial charge in [0, 0.05) is 48.1 Å². The predicted octanol–water partition coefficient (Wildman–Crippen LogP) is 5.72. The van der Waals surface area contributed by atoms with E-state index in [9.17, 15) is 5.21 Å². The first kappa shape index (κ1) is 19.7. The minimum Gasteiger partial charge on any atom is -0.460 e. The van der Waals surface area contributed by atoms with Crippen LogP contribution in [0.15, 0.2) is 58.4 Å². The Balaban J connectivity index is 1.37. The molecule has 0 amide bonds. The van der Waals surface area contributed by atoms with Crippen molar-refractivity contribution in [1.82, 2.24) is 9.88 Å². The Labute approximate surface area is 188 Å². The van der Waals surface area contributed by atoms with E-state index < -0.39 is 0 Å². The van der Waals surface area contributed by atoms with Crippen LogP contribution in [0, 0.1) is 5.92 Å². The van der Waals surface area contributed by atoms with E-state index in [4.69, 9.17) is 4.42 Å². The van der Waals surface area contributed by atoms with Gasteiger partial charge in [-0.15, -0.1) is 0 Å². The second kappa shape index (κ2) is 8.21. The van der Waals surface area contributed by atoms with E-state index in [0.717, 1.165) is 64.8 Å². The maximum atomic E-state index is 9.28. The highest BCUT2D eigenvalue weighted by Crippen LogP contribution is 2.41. The summed E-state index contributed by atoms with van der Waals surface area (Å²) in [6, 6.07) is 12.8. The zero-order chi connectivity index (χ0) is 21.5. The number of furan rings is 1. The molecule has 1 unspecified atom stereocenters. The molecule has 2 aliphatic carbocycles. The average Bonchev–Trinajstić information content (AvgIpc) is 3.39. The highest BCUT2D eigenvalue weighted by Gasteiger charge is 2.30. The highest BCUT2D eigenvalue weighted by atomic mass is 16.4. The molecule has 32 heavy (non-hydrogen) atoms. The number of fused-ring (bicyclic) bond motifs is 1. The van der Waals surface area contributed by atoms with Crippen LogP contribution in [0.3, 0.4) is 0 Å². The molecular weight excluding hydrogens is 398 g/mol. The molecule has 3 aromatic rings. The van der Waals surface area contributed by atoms with Gasteiger partial charge in [-0.25, -0.2) is 0 Å². The van der Waals surface area contributed by atoms with Crippen molar-refractivity contribution in [2.45, 2.75) is 44.4 Å². The minimum atomic E-state index is 0.444. The number of nitrogens with zero attached hydrogens (tertiary/aromatic N) is 3. The molecule has 0 radical (unpaired) electrons. The number of hydrogen-bond acceptors (Lipinski definition) is 5. The summed E-state index contributed by atoms with van der Waals surface area (Å²) in [5.41, 5.74) is 6.45. The molecular formula is C27H29N3O2. The summed E-state index contributed by atoms with van der Waals surface area (Å²) < 4.78 is 6.61. The number of pyridine rings is 1. The third-order valence-corrected chi connectivity index (χ3v) is 7.29. The van der Waals surface area contributed by atoms with Crippen LogP contribution in [0.1, 0.15) is 54.9 Å². The monoisotopic (exact) mass is 427 g/mol. The number of piperidine rings is 1. The van der Waals surface area contributed by atoms with Crippen molar-refractivity contribution >= 4 is 5.71 Å². The van der Waals surface area contributed by atoms with Gasteiger partial charge in [-0.3, -0.25) is 4.98 Å². The van der Waals surface area contributed by atoms with Gasteiger partial charge in [-0.2, -0.15) is 0 Å². The summed E-state index contributed by atoms with van der Waals surface area (Å²) in [5.74, 6) is 3.40. The first-order valence-corrected chi connectivity index (χ1v) is 11.9. The Kier molecular flexibility index (Phi) is 5.07. The van der Waals surface area contributed by atoms with E-state index >= 15 is 0 Å². The number of benzene rings is 1. The van der Waals surface area contributed by atoms with Crippen molar-refractivity contribution in [2.75, 3.05) is 19.6 Å². The fourth-order valence-electron chi connectivity index (χ4n) is 5.40. The molecule has 3 aliphatic rings. The van der Waals surface area contributed by atoms with Gasteiger partial charge in [0.2, 0.25) is 0 Å². The second-order valence-corrected chi connectivity index (χ2v) is 9.59. The van der Waals surface area contributed by atoms with Crippen LogP contribution in [0.25, 0.3) is 22.5 Å². The van der Waals surface area contributed by atoms with Crippen LogP contribution in [-0.4, -0.2) is 40.4 Å². The largest absolute Gasteiger partial charge is 0.460 e. The lowest BCUT2D eigenvalue weighted by Crippen LogP contribution is -2.35. The van der Waals surface area contributed by atoms with E-state index in [-0.39, 0.29) is 0 Å². The van der Waals surface area contributed by atoms with Crippen molar-refractivity contribution in [3.63, 3.8) is 0 Å². The quantitative estimate of drug-likeness (QED) is 0.418. The molecule has 0 spiro atoms. The highest BCUT2D eigenvalue weighted by molar-refractivity contribution is 6.04. The zero-order valence-electron chi connectivity index (χ0n) is 18.3. The van der Waals surface area contributed by atoms with Gasteiger partial charge in [0.05, 0.1) is 5.71 Å². The van der Waals surface area contributed by atoms with Crippen LogP contribution in [0.5, 0.6) is 0 Å². The number of oxime groups is 1. The molecule has 1 saturated carbocycles. The normalized spacial score (nSPS) is 22.4. The third kappa shape index (κ3) is 3.75. The Morgan fingerprint density at radius 3 is 2.69 bits per heavy atom. The molecule has 2 fully saturated rings. The summed E-state index contributed by atoms with van der Waals surface area (Å²) in [4.78, 5) is 6.84. The molecule has 164 valence electrons. The lowest BCUT2D eigenvalue weighted by molar-refractivity contribution is 0.190. The fraction of sp³-hybridized carbons (Fsp3) is 0.407. The Bertz CT molecular complexity index is 1150. The number of aromatic nitrogens is 1. The van der Waals surface area contributed by atoms with Gasteiger partial charge in [-0.1, -0.05) is 23.4 Å². The summed E-state index contributed by atoms with van der Waals surface area (Å²) in [5, 5.41) is 12.8. The SMILES string of the molecule is O/N=C1\CCc2cc(-c3cc(C4CCCN(CC5CC5)C4)oc3-c3ccncc3)ccc21. The first-order valence-electron chi connectivity index (χ1n) is 11.9. The number of likely N-dealkylation sites (tertiary alicyclic amines) is 1. The summed E-state index contributed by atoms with van der Waals surface area (Å²) in [6.07, 6.45) is 10.6. The summed E-state index contributed by atoms with van der Waals surface area (Å²) in [7, 11) is 0. The van der Waals surface area contributed by atoms with Gasteiger partial charge >= 0.3 is 0 Å². The maximum absolute atomic E-state index is 9.28. The molecule has 1 aromatic carbocycles. The van der Waals surface area contributed by atoms with E-state index in [1.807, 2.05) is 24.5 Å². The minimum absolute atomic E-state index is 0.444. The average molecular weight is 428 g/mol. The summed E-state index contributed by atoms with van der Waals surface area (Å²) in [6.45, 7) is 3.57. The van der Waals surface area contributed by atoms with Gasteiger partial charge in [-0.05, 0) is 80.3 Å². The molecule has 5 nitrogen and oxygen atoms in total. The number of rotatable bonds is 5. The smallest absolute Gasteiger partial charge is 0.142 e. The van der Waals surface area contributed by atoms with Crippen molar-refractivity contribution in [2.24, 2.45) is 11.1 Å². The Morgan fingerprint density at radius 1 is 1.00 bits per heavy atom. The topological polar surface area (TPSA) is 61.9 Å². The molecule has 5 heteroatoms. The molecule has 3 heterocycles. The van der Waals surface area contributed by atoms with Gasteiger partial charge < -0.3 is 14.5 Å². The summed E-state index contributed by atoms with van der Waals surface area (Å²) >= 11 is 0. The van der Waals surface area contributed by atoms with E-state index in [1.165, 1.54) is 44.3 Å². The third-order valence-electron chi connectivity index (χ3n) is 7.29. The van der Waals surface area contributed by atoms with E-state index in [2.05, 4.69) is 39.3 Å². The Hall–Kier alpha value is -2.92. The molecule has 1 N–H and O–H groups in total. The molecule has 0 bridgehead atoms. The lowest BCUT2D eigenvalue weighted by atomic mass is 9.93. The molecule has 1 aliphatic heterocycles. The maximum Gasteiger partial charge on any atom is 0.142 e. The second-order valence-electron chi connectivity index (χ2n) is 9.59. The van der Waals surface area contributed by atoms with Crippen LogP contribution in [0.2, 0.25) is 0 Å². The van der Waals surface area contributed by atoms with Crippen LogP contribution >= 0.6 is 0 Å². The van der Waals surface area contributed by atoms with Gasteiger partial charge in [0.25, 0.3) is 0 Å². The van der Waals surface area contributed by atoms with Crippen molar-refractivity contribution in [1.29, 1.82) is 0 Å². The van der Waals surface area contributed by atoms with Crippen LogP contribution in [-0.2, 0) is 6.42 Å². The van der Waals surface area contributed by atoms with Crippen LogP contribution < -0.4 is 0 Å². The molecule has 1 saturated heterocycles. The van der Waals surface area contributed by atoms with Crippen molar-refractivity contribution in [3.8, 4) is 22.5 Å². The Morgan fingerprint density at radius 2 is 1.88 bits per heavy atom.